The minimum absolute atomic E-state index is 0.157. The standard InChI is InChI=1S/C8H10NO2Si/c1-11-8(10)6-7-2-4-9(12)5-3-7/h2-5,7H,6H2,1H3. The number of carbonyl (C=O) groups is 1. The van der Waals surface area contributed by atoms with Crippen molar-refractivity contribution in [2.24, 2.45) is 5.92 Å². The van der Waals surface area contributed by atoms with Crippen molar-refractivity contribution in [3.05, 3.63) is 24.6 Å². The summed E-state index contributed by atoms with van der Waals surface area (Å²) in [5.41, 5.74) is 0. The Hall–Kier alpha value is -1.03. The lowest BCUT2D eigenvalue weighted by Gasteiger charge is -2.15. The van der Waals surface area contributed by atoms with E-state index in [9.17, 15) is 4.79 Å². The van der Waals surface area contributed by atoms with Crippen molar-refractivity contribution in [2.75, 3.05) is 7.11 Å². The molecule has 1 rings (SSSR count). The molecule has 3 radical (unpaired) electrons. The molecule has 4 heteroatoms. The molecule has 0 unspecified atom stereocenters. The molecule has 0 fully saturated rings. The maximum atomic E-state index is 10.8. The highest BCUT2D eigenvalue weighted by Crippen LogP contribution is 2.12. The zero-order valence-corrected chi connectivity index (χ0v) is 7.86. The van der Waals surface area contributed by atoms with Crippen molar-refractivity contribution in [1.29, 1.82) is 0 Å². The van der Waals surface area contributed by atoms with E-state index in [1.807, 2.05) is 24.6 Å². The molecule has 0 saturated heterocycles. The molecule has 0 amide bonds. The van der Waals surface area contributed by atoms with Gasteiger partial charge in [-0.3, -0.25) is 4.79 Å². The number of hydrogen-bond donors (Lipinski definition) is 0. The summed E-state index contributed by atoms with van der Waals surface area (Å²) in [4.78, 5) is 10.8. The Morgan fingerprint density at radius 3 is 2.67 bits per heavy atom. The number of methoxy groups -OCH3 is 1. The molecule has 0 aromatic carbocycles. The van der Waals surface area contributed by atoms with E-state index in [4.69, 9.17) is 0 Å². The highest BCUT2D eigenvalue weighted by Gasteiger charge is 2.10. The molecule has 0 bridgehead atoms. The molecule has 1 heterocycles. The number of carbonyl (C=O) groups excluding carboxylic acids is 1. The highest BCUT2D eigenvalue weighted by molar-refractivity contribution is 6.05. The van der Waals surface area contributed by atoms with Gasteiger partial charge < -0.3 is 9.30 Å². The van der Waals surface area contributed by atoms with Gasteiger partial charge in [0.25, 0.3) is 0 Å². The molecule has 0 saturated carbocycles. The Kier molecular flexibility index (Phi) is 3.10. The molecule has 1 aliphatic heterocycles. The van der Waals surface area contributed by atoms with E-state index in [-0.39, 0.29) is 11.9 Å². The van der Waals surface area contributed by atoms with Crippen LogP contribution in [0.25, 0.3) is 0 Å². The van der Waals surface area contributed by atoms with Crippen LogP contribution in [-0.2, 0) is 9.53 Å². The average molecular weight is 180 g/mol. The van der Waals surface area contributed by atoms with Gasteiger partial charge in [0.1, 0.15) is 0 Å². The smallest absolute Gasteiger partial charge is 0.306 e. The first-order valence-electron chi connectivity index (χ1n) is 3.65. The van der Waals surface area contributed by atoms with Gasteiger partial charge in [-0.2, -0.15) is 0 Å². The maximum absolute atomic E-state index is 10.8. The topological polar surface area (TPSA) is 29.5 Å². The van der Waals surface area contributed by atoms with Crippen LogP contribution in [0.1, 0.15) is 6.42 Å². The first-order chi connectivity index (χ1) is 5.72. The number of hydrogen-bond acceptors (Lipinski definition) is 3. The molecule has 0 aliphatic carbocycles. The zero-order valence-electron chi connectivity index (χ0n) is 6.86. The van der Waals surface area contributed by atoms with Gasteiger partial charge in [0.05, 0.1) is 13.5 Å². The van der Waals surface area contributed by atoms with Gasteiger partial charge in [0.15, 0.2) is 10.4 Å². The first kappa shape index (κ1) is 9.06. The summed E-state index contributed by atoms with van der Waals surface area (Å²) in [5.74, 6) is -0.0261. The molecule has 0 aromatic rings. The third-order valence-corrected chi connectivity index (χ3v) is 1.92. The fourth-order valence-corrected chi connectivity index (χ4v) is 1.10. The van der Waals surface area contributed by atoms with Gasteiger partial charge in [0, 0.05) is 5.92 Å². The summed E-state index contributed by atoms with van der Waals surface area (Å²) in [6, 6.07) is 0. The summed E-state index contributed by atoms with van der Waals surface area (Å²) in [6.45, 7) is 0. The minimum Gasteiger partial charge on any atom is -0.469 e. The van der Waals surface area contributed by atoms with Crippen molar-refractivity contribution < 1.29 is 9.53 Å². The van der Waals surface area contributed by atoms with Crippen molar-refractivity contribution >= 4 is 16.4 Å². The van der Waals surface area contributed by atoms with E-state index in [2.05, 4.69) is 15.1 Å². The Labute approximate surface area is 75.2 Å². The fraction of sp³-hybridized carbons (Fsp3) is 0.375. The largest absolute Gasteiger partial charge is 0.469 e. The van der Waals surface area contributed by atoms with Crippen molar-refractivity contribution in [3.8, 4) is 0 Å². The molecule has 0 aromatic heterocycles. The van der Waals surface area contributed by atoms with Crippen LogP contribution in [0, 0.1) is 5.92 Å². The number of allylic oxidation sites excluding steroid dienone is 2. The van der Waals surface area contributed by atoms with E-state index in [0.29, 0.717) is 6.42 Å². The molecular formula is C8H10NO2Si. The predicted octanol–water partition coefficient (Wildman–Crippen LogP) is 0.592. The van der Waals surface area contributed by atoms with E-state index in [1.54, 1.807) is 4.57 Å². The summed E-state index contributed by atoms with van der Waals surface area (Å²) >= 11 is 0. The quantitative estimate of drug-likeness (QED) is 0.460. The van der Waals surface area contributed by atoms with Crippen LogP contribution in [0.5, 0.6) is 0 Å². The molecule has 0 spiro atoms. The third kappa shape index (κ3) is 2.54. The Bertz CT molecular complexity index is 211. The predicted molar refractivity (Wildman–Crippen MR) is 46.0 cm³/mol. The molecule has 1 aliphatic rings. The Balaban J connectivity index is 2.41. The van der Waals surface area contributed by atoms with E-state index >= 15 is 0 Å². The van der Waals surface area contributed by atoms with Crippen LogP contribution in [0.4, 0.5) is 0 Å². The summed E-state index contributed by atoms with van der Waals surface area (Å²) in [5, 5.41) is 0. The lowest BCUT2D eigenvalue weighted by molar-refractivity contribution is -0.141. The summed E-state index contributed by atoms with van der Waals surface area (Å²) in [7, 11) is 4.69. The van der Waals surface area contributed by atoms with Crippen LogP contribution in [0.2, 0.25) is 0 Å². The fourth-order valence-electron chi connectivity index (χ4n) is 0.932. The molecule has 0 atom stereocenters. The maximum Gasteiger partial charge on any atom is 0.306 e. The zero-order chi connectivity index (χ0) is 8.97. The lowest BCUT2D eigenvalue weighted by Crippen LogP contribution is -2.13. The van der Waals surface area contributed by atoms with Crippen LogP contribution in [0.3, 0.4) is 0 Å². The number of ether oxygens (including phenoxy) is 1. The third-order valence-electron chi connectivity index (χ3n) is 1.62. The average Bonchev–Trinajstić information content (AvgIpc) is 2.09. The van der Waals surface area contributed by atoms with E-state index in [0.717, 1.165) is 0 Å². The minimum atomic E-state index is -0.184. The van der Waals surface area contributed by atoms with Crippen molar-refractivity contribution in [3.63, 3.8) is 0 Å². The van der Waals surface area contributed by atoms with Gasteiger partial charge >= 0.3 is 5.97 Å². The second-order valence-corrected chi connectivity index (χ2v) is 3.05. The van der Waals surface area contributed by atoms with Gasteiger partial charge in [-0.25, -0.2) is 0 Å². The van der Waals surface area contributed by atoms with Gasteiger partial charge in [-0.05, 0) is 12.4 Å². The van der Waals surface area contributed by atoms with Gasteiger partial charge in [-0.1, -0.05) is 12.2 Å². The highest BCUT2D eigenvalue weighted by atomic mass is 28.2. The SMILES string of the molecule is COC(=O)CC1C=CN([Si])C=C1. The summed E-state index contributed by atoms with van der Waals surface area (Å²) < 4.78 is 6.29. The summed E-state index contributed by atoms with van der Waals surface area (Å²) in [6.07, 6.45) is 7.98. The molecular weight excluding hydrogens is 170 g/mol. The molecule has 63 valence electrons. The van der Waals surface area contributed by atoms with E-state index in [1.165, 1.54) is 7.11 Å². The Morgan fingerprint density at radius 1 is 1.58 bits per heavy atom. The second-order valence-electron chi connectivity index (χ2n) is 2.53. The van der Waals surface area contributed by atoms with Crippen LogP contribution < -0.4 is 0 Å². The van der Waals surface area contributed by atoms with Crippen LogP contribution >= 0.6 is 0 Å². The number of rotatable bonds is 2. The van der Waals surface area contributed by atoms with Crippen LogP contribution in [-0.4, -0.2) is 28.0 Å². The van der Waals surface area contributed by atoms with Crippen molar-refractivity contribution in [1.82, 2.24) is 4.57 Å². The Morgan fingerprint density at radius 2 is 2.17 bits per heavy atom. The molecule has 3 nitrogen and oxygen atoms in total. The second kappa shape index (κ2) is 4.11. The van der Waals surface area contributed by atoms with Crippen LogP contribution in [0.15, 0.2) is 24.6 Å². The monoisotopic (exact) mass is 180 g/mol. The molecule has 12 heavy (non-hydrogen) atoms. The lowest BCUT2D eigenvalue weighted by atomic mass is 10.0. The van der Waals surface area contributed by atoms with Gasteiger partial charge in [0.2, 0.25) is 0 Å². The number of nitrogens with zero attached hydrogens (tertiary/aromatic N) is 1. The van der Waals surface area contributed by atoms with Crippen molar-refractivity contribution in [2.45, 2.75) is 6.42 Å². The number of esters is 1. The van der Waals surface area contributed by atoms with Gasteiger partial charge in [-0.15, -0.1) is 0 Å². The normalized spacial score (nSPS) is 16.7. The first-order valence-corrected chi connectivity index (χ1v) is 4.10. The van der Waals surface area contributed by atoms with E-state index < -0.39 is 0 Å². The molecule has 0 N–H and O–H groups in total.